The highest BCUT2D eigenvalue weighted by Crippen LogP contribution is 2.26. The van der Waals surface area contributed by atoms with Gasteiger partial charge in [-0.2, -0.15) is 0 Å². The number of nitrogens with zero attached hydrogens (tertiary/aromatic N) is 2. The Morgan fingerprint density at radius 1 is 1.22 bits per heavy atom. The van der Waals surface area contributed by atoms with Crippen LogP contribution in [0.2, 0.25) is 0 Å². The molecule has 1 aliphatic heterocycles. The molecule has 27 heavy (non-hydrogen) atoms. The van der Waals surface area contributed by atoms with Crippen LogP contribution in [0.25, 0.3) is 0 Å². The van der Waals surface area contributed by atoms with Crippen LogP contribution < -0.4 is 4.74 Å². The smallest absolute Gasteiger partial charge is 0.257 e. The van der Waals surface area contributed by atoms with Crippen molar-refractivity contribution >= 4 is 21.8 Å². The van der Waals surface area contributed by atoms with Gasteiger partial charge in [0, 0.05) is 29.7 Å². The number of likely N-dealkylation sites (tertiary alicyclic amines) is 1. The lowest BCUT2D eigenvalue weighted by Crippen LogP contribution is -2.31. The third-order valence-electron chi connectivity index (χ3n) is 5.14. The van der Waals surface area contributed by atoms with E-state index in [1.807, 2.05) is 53.4 Å². The highest BCUT2D eigenvalue weighted by molar-refractivity contribution is 9.10. The standard InChI is InChI=1S/C22H27BrN2O2/c1-3-24(2)14-17-12-13-25(15-17)22(26)19-9-5-7-11-21(19)27-16-18-8-4-6-10-20(18)23/h4-11,17H,3,12-16H2,1-2H3/t17-/m1/s1. The number of hydrogen-bond acceptors (Lipinski definition) is 3. The maximum Gasteiger partial charge on any atom is 0.257 e. The third-order valence-corrected chi connectivity index (χ3v) is 5.91. The van der Waals surface area contributed by atoms with Gasteiger partial charge in [0.1, 0.15) is 12.4 Å². The van der Waals surface area contributed by atoms with Crippen molar-refractivity contribution in [1.29, 1.82) is 0 Å². The van der Waals surface area contributed by atoms with E-state index in [1.54, 1.807) is 0 Å². The molecule has 1 fully saturated rings. The number of rotatable bonds is 7. The third kappa shape index (κ3) is 5.11. The maximum atomic E-state index is 13.1. The topological polar surface area (TPSA) is 32.8 Å². The van der Waals surface area contributed by atoms with Crippen molar-refractivity contribution in [2.24, 2.45) is 5.92 Å². The van der Waals surface area contributed by atoms with Gasteiger partial charge in [-0.1, -0.05) is 53.2 Å². The molecule has 0 bridgehead atoms. The zero-order valence-corrected chi connectivity index (χ0v) is 17.6. The van der Waals surface area contributed by atoms with Crippen molar-refractivity contribution in [3.63, 3.8) is 0 Å². The number of ether oxygens (including phenoxy) is 1. The van der Waals surface area contributed by atoms with Crippen LogP contribution in [0.15, 0.2) is 53.0 Å². The van der Waals surface area contributed by atoms with E-state index < -0.39 is 0 Å². The van der Waals surface area contributed by atoms with Crippen LogP contribution in [-0.2, 0) is 6.61 Å². The molecule has 1 saturated heterocycles. The van der Waals surface area contributed by atoms with Crippen molar-refractivity contribution in [3.05, 3.63) is 64.1 Å². The molecular formula is C22H27BrN2O2. The molecule has 0 radical (unpaired) electrons. The van der Waals surface area contributed by atoms with Gasteiger partial charge >= 0.3 is 0 Å². The van der Waals surface area contributed by atoms with Crippen LogP contribution >= 0.6 is 15.9 Å². The minimum absolute atomic E-state index is 0.0689. The number of para-hydroxylation sites is 1. The van der Waals surface area contributed by atoms with Gasteiger partial charge in [-0.3, -0.25) is 4.79 Å². The fourth-order valence-electron chi connectivity index (χ4n) is 3.45. The first-order chi connectivity index (χ1) is 13.1. The van der Waals surface area contributed by atoms with E-state index in [1.165, 1.54) is 0 Å². The quantitative estimate of drug-likeness (QED) is 0.650. The lowest BCUT2D eigenvalue weighted by atomic mass is 10.1. The van der Waals surface area contributed by atoms with Crippen LogP contribution in [0.3, 0.4) is 0 Å². The Kier molecular flexibility index (Phi) is 6.91. The molecule has 0 aromatic heterocycles. The Labute approximate surface area is 170 Å². The van der Waals surface area contributed by atoms with E-state index in [0.29, 0.717) is 23.8 Å². The van der Waals surface area contributed by atoms with Gasteiger partial charge in [-0.05, 0) is 44.1 Å². The monoisotopic (exact) mass is 430 g/mol. The van der Waals surface area contributed by atoms with Crippen molar-refractivity contribution in [1.82, 2.24) is 9.80 Å². The summed E-state index contributed by atoms with van der Waals surface area (Å²) in [7, 11) is 2.13. The van der Waals surface area contributed by atoms with E-state index in [9.17, 15) is 4.79 Å². The lowest BCUT2D eigenvalue weighted by molar-refractivity contribution is 0.0779. The Morgan fingerprint density at radius 2 is 1.96 bits per heavy atom. The summed E-state index contributed by atoms with van der Waals surface area (Å²) in [5.74, 6) is 1.26. The lowest BCUT2D eigenvalue weighted by Gasteiger charge is -2.21. The molecule has 5 heteroatoms. The molecule has 3 rings (SSSR count). The minimum Gasteiger partial charge on any atom is -0.488 e. The minimum atomic E-state index is 0.0689. The molecular weight excluding hydrogens is 404 g/mol. The van der Waals surface area contributed by atoms with Gasteiger partial charge in [-0.25, -0.2) is 0 Å². The fraction of sp³-hybridized carbons (Fsp3) is 0.409. The summed E-state index contributed by atoms with van der Waals surface area (Å²) < 4.78 is 7.02. The maximum absolute atomic E-state index is 13.1. The summed E-state index contributed by atoms with van der Waals surface area (Å²) in [6.45, 7) is 6.31. The molecule has 0 aliphatic carbocycles. The molecule has 1 heterocycles. The molecule has 144 valence electrons. The molecule has 0 N–H and O–H groups in total. The Balaban J connectivity index is 1.67. The van der Waals surface area contributed by atoms with Gasteiger partial charge in [0.25, 0.3) is 5.91 Å². The van der Waals surface area contributed by atoms with Crippen LogP contribution in [0.1, 0.15) is 29.3 Å². The van der Waals surface area contributed by atoms with E-state index >= 15 is 0 Å². The molecule has 4 nitrogen and oxygen atoms in total. The largest absolute Gasteiger partial charge is 0.488 e. The highest BCUT2D eigenvalue weighted by atomic mass is 79.9. The summed E-state index contributed by atoms with van der Waals surface area (Å²) in [5, 5.41) is 0. The number of halogens is 1. The number of amides is 1. The second kappa shape index (κ2) is 9.38. The highest BCUT2D eigenvalue weighted by Gasteiger charge is 2.28. The average Bonchev–Trinajstić information content (AvgIpc) is 3.15. The van der Waals surface area contributed by atoms with Gasteiger partial charge in [-0.15, -0.1) is 0 Å². The number of hydrogen-bond donors (Lipinski definition) is 0. The first-order valence-electron chi connectivity index (χ1n) is 9.51. The molecule has 2 aromatic rings. The van der Waals surface area contributed by atoms with Crippen molar-refractivity contribution in [3.8, 4) is 5.75 Å². The van der Waals surface area contributed by atoms with Crippen LogP contribution in [0, 0.1) is 5.92 Å². The predicted molar refractivity (Wildman–Crippen MR) is 112 cm³/mol. The molecule has 2 aromatic carbocycles. The molecule has 1 amide bonds. The van der Waals surface area contributed by atoms with E-state index in [0.717, 1.165) is 42.6 Å². The summed E-state index contributed by atoms with van der Waals surface area (Å²) in [6, 6.07) is 15.5. The second-order valence-corrected chi connectivity index (χ2v) is 7.99. The van der Waals surface area contributed by atoms with Crippen molar-refractivity contribution in [2.45, 2.75) is 20.0 Å². The molecule has 0 saturated carbocycles. The molecule has 0 spiro atoms. The Bertz CT molecular complexity index is 780. The van der Waals surface area contributed by atoms with Crippen LogP contribution in [-0.4, -0.2) is 48.9 Å². The number of carbonyl (C=O) groups is 1. The predicted octanol–water partition coefficient (Wildman–Crippen LogP) is 4.44. The summed E-state index contributed by atoms with van der Waals surface area (Å²) >= 11 is 3.54. The zero-order chi connectivity index (χ0) is 19.2. The summed E-state index contributed by atoms with van der Waals surface area (Å²) in [6.07, 6.45) is 1.07. The van der Waals surface area contributed by atoms with Gasteiger partial charge in [0.2, 0.25) is 0 Å². The van der Waals surface area contributed by atoms with E-state index in [4.69, 9.17) is 4.74 Å². The average molecular weight is 431 g/mol. The van der Waals surface area contributed by atoms with Gasteiger partial charge < -0.3 is 14.5 Å². The van der Waals surface area contributed by atoms with Crippen molar-refractivity contribution < 1.29 is 9.53 Å². The fourth-order valence-corrected chi connectivity index (χ4v) is 3.85. The molecule has 0 unspecified atom stereocenters. The van der Waals surface area contributed by atoms with Gasteiger partial charge in [0.05, 0.1) is 5.56 Å². The van der Waals surface area contributed by atoms with Crippen LogP contribution in [0.5, 0.6) is 5.75 Å². The van der Waals surface area contributed by atoms with E-state index in [2.05, 4.69) is 34.8 Å². The molecule has 1 atom stereocenters. The van der Waals surface area contributed by atoms with Crippen molar-refractivity contribution in [2.75, 3.05) is 33.2 Å². The zero-order valence-electron chi connectivity index (χ0n) is 16.0. The SMILES string of the molecule is CCN(C)C[C@H]1CCN(C(=O)c2ccccc2OCc2ccccc2Br)C1. The first kappa shape index (κ1) is 19.9. The Hall–Kier alpha value is -1.85. The summed E-state index contributed by atoms with van der Waals surface area (Å²) in [4.78, 5) is 17.3. The molecule has 1 aliphatic rings. The normalized spacial score (nSPS) is 16.7. The van der Waals surface area contributed by atoms with Gasteiger partial charge in [0.15, 0.2) is 0 Å². The first-order valence-corrected chi connectivity index (χ1v) is 10.3. The summed E-state index contributed by atoms with van der Waals surface area (Å²) in [5.41, 5.74) is 1.71. The second-order valence-electron chi connectivity index (χ2n) is 7.14. The number of carbonyl (C=O) groups excluding carboxylic acids is 1. The Morgan fingerprint density at radius 3 is 2.74 bits per heavy atom. The van der Waals surface area contributed by atoms with E-state index in [-0.39, 0.29) is 5.91 Å². The number of benzene rings is 2. The van der Waals surface area contributed by atoms with Crippen LogP contribution in [0.4, 0.5) is 0 Å².